The number of carboxylic acids is 1. The first-order valence-electron chi connectivity index (χ1n) is 6.83. The SMILES string of the molecule is Cc1ccc(C)c(NC(=O)NC2CCC(C(=O)O)C2)c1. The van der Waals surface area contributed by atoms with E-state index in [9.17, 15) is 9.59 Å². The number of benzene rings is 1. The van der Waals surface area contributed by atoms with E-state index in [2.05, 4.69) is 10.6 Å². The Hall–Kier alpha value is -2.04. The van der Waals surface area contributed by atoms with Gasteiger partial charge in [-0.05, 0) is 50.3 Å². The summed E-state index contributed by atoms with van der Waals surface area (Å²) in [5.41, 5.74) is 2.87. The third-order valence-electron chi connectivity index (χ3n) is 3.76. The average molecular weight is 276 g/mol. The molecule has 1 fully saturated rings. The van der Waals surface area contributed by atoms with Crippen LogP contribution in [-0.2, 0) is 4.79 Å². The van der Waals surface area contributed by atoms with Crippen LogP contribution in [0.3, 0.4) is 0 Å². The van der Waals surface area contributed by atoms with Gasteiger partial charge in [-0.15, -0.1) is 0 Å². The van der Waals surface area contributed by atoms with Crippen LogP contribution >= 0.6 is 0 Å². The van der Waals surface area contributed by atoms with Crippen molar-refractivity contribution in [2.24, 2.45) is 5.92 Å². The molecule has 20 heavy (non-hydrogen) atoms. The summed E-state index contributed by atoms with van der Waals surface area (Å²) in [6.07, 6.45) is 1.86. The van der Waals surface area contributed by atoms with E-state index in [0.29, 0.717) is 12.8 Å². The quantitative estimate of drug-likeness (QED) is 0.794. The molecule has 5 heteroatoms. The Morgan fingerprint density at radius 1 is 1.25 bits per heavy atom. The molecule has 2 amide bonds. The second-order valence-electron chi connectivity index (χ2n) is 5.46. The fourth-order valence-electron chi connectivity index (χ4n) is 2.55. The van der Waals surface area contributed by atoms with Crippen LogP contribution in [-0.4, -0.2) is 23.1 Å². The van der Waals surface area contributed by atoms with Crippen molar-refractivity contribution in [2.75, 3.05) is 5.32 Å². The number of nitrogens with one attached hydrogen (secondary N) is 2. The summed E-state index contributed by atoms with van der Waals surface area (Å²) in [5, 5.41) is 14.6. The van der Waals surface area contributed by atoms with E-state index in [1.54, 1.807) is 0 Å². The number of aliphatic carboxylic acids is 1. The van der Waals surface area contributed by atoms with Gasteiger partial charge in [-0.2, -0.15) is 0 Å². The molecule has 2 atom stereocenters. The summed E-state index contributed by atoms with van der Waals surface area (Å²) >= 11 is 0. The minimum atomic E-state index is -0.774. The monoisotopic (exact) mass is 276 g/mol. The number of amides is 2. The van der Waals surface area contributed by atoms with Gasteiger partial charge in [-0.3, -0.25) is 4.79 Å². The minimum Gasteiger partial charge on any atom is -0.481 e. The van der Waals surface area contributed by atoms with E-state index >= 15 is 0 Å². The van der Waals surface area contributed by atoms with Gasteiger partial charge >= 0.3 is 12.0 Å². The molecular formula is C15H20N2O3. The summed E-state index contributed by atoms with van der Waals surface area (Å²) in [5.74, 6) is -1.11. The molecule has 108 valence electrons. The standard InChI is InChI=1S/C15H20N2O3/c1-9-3-4-10(2)13(7-9)17-15(20)16-12-6-5-11(8-12)14(18)19/h3-4,7,11-12H,5-6,8H2,1-2H3,(H,18,19)(H2,16,17,20). The Balaban J connectivity index is 1.90. The number of aryl methyl sites for hydroxylation is 2. The first-order valence-corrected chi connectivity index (χ1v) is 6.83. The third-order valence-corrected chi connectivity index (χ3v) is 3.76. The van der Waals surface area contributed by atoms with Crippen LogP contribution in [0.5, 0.6) is 0 Å². The summed E-state index contributed by atoms with van der Waals surface area (Å²) in [7, 11) is 0. The Bertz CT molecular complexity index is 528. The molecule has 1 aromatic rings. The number of carbonyl (C=O) groups is 2. The van der Waals surface area contributed by atoms with Gasteiger partial charge in [0.15, 0.2) is 0 Å². The van der Waals surface area contributed by atoms with E-state index in [1.165, 1.54) is 0 Å². The van der Waals surface area contributed by atoms with Crippen LogP contribution in [0.15, 0.2) is 18.2 Å². The van der Waals surface area contributed by atoms with Crippen molar-refractivity contribution in [3.63, 3.8) is 0 Å². The fourth-order valence-corrected chi connectivity index (χ4v) is 2.55. The number of carbonyl (C=O) groups excluding carboxylic acids is 1. The van der Waals surface area contributed by atoms with Crippen LogP contribution < -0.4 is 10.6 Å². The minimum absolute atomic E-state index is 0.0544. The normalized spacial score (nSPS) is 21.5. The lowest BCUT2D eigenvalue weighted by Gasteiger charge is -2.15. The molecule has 0 bridgehead atoms. The molecule has 5 nitrogen and oxygen atoms in total. The van der Waals surface area contributed by atoms with Crippen LogP contribution in [0, 0.1) is 19.8 Å². The van der Waals surface area contributed by atoms with Gasteiger partial charge in [-0.1, -0.05) is 12.1 Å². The van der Waals surface area contributed by atoms with Gasteiger partial charge in [0.25, 0.3) is 0 Å². The smallest absolute Gasteiger partial charge is 0.319 e. The summed E-state index contributed by atoms with van der Waals surface area (Å²) < 4.78 is 0. The van der Waals surface area contributed by atoms with Crippen molar-refractivity contribution in [3.05, 3.63) is 29.3 Å². The van der Waals surface area contributed by atoms with Crippen LogP contribution in [0.25, 0.3) is 0 Å². The number of carboxylic acid groups (broad SMARTS) is 1. The molecule has 2 unspecified atom stereocenters. The van der Waals surface area contributed by atoms with Crippen molar-refractivity contribution in [2.45, 2.75) is 39.2 Å². The zero-order valence-corrected chi connectivity index (χ0v) is 11.8. The lowest BCUT2D eigenvalue weighted by Crippen LogP contribution is -2.36. The second kappa shape index (κ2) is 5.94. The lowest BCUT2D eigenvalue weighted by atomic mass is 10.1. The van der Waals surface area contributed by atoms with Gasteiger partial charge in [-0.25, -0.2) is 4.79 Å². The Morgan fingerprint density at radius 2 is 2.00 bits per heavy atom. The van der Waals surface area contributed by atoms with E-state index in [4.69, 9.17) is 5.11 Å². The number of hydrogen-bond donors (Lipinski definition) is 3. The maximum absolute atomic E-state index is 11.9. The lowest BCUT2D eigenvalue weighted by molar-refractivity contribution is -0.141. The number of rotatable bonds is 3. The van der Waals surface area contributed by atoms with Crippen LogP contribution in [0.2, 0.25) is 0 Å². The van der Waals surface area contributed by atoms with Gasteiger partial charge in [0.2, 0.25) is 0 Å². The zero-order valence-electron chi connectivity index (χ0n) is 11.8. The number of anilines is 1. The molecule has 0 saturated heterocycles. The van der Waals surface area contributed by atoms with E-state index in [1.807, 2.05) is 32.0 Å². The highest BCUT2D eigenvalue weighted by atomic mass is 16.4. The summed E-state index contributed by atoms with van der Waals surface area (Å²) in [4.78, 5) is 22.8. The molecule has 2 rings (SSSR count). The van der Waals surface area contributed by atoms with Gasteiger partial charge in [0, 0.05) is 11.7 Å². The molecule has 3 N–H and O–H groups in total. The van der Waals surface area contributed by atoms with Crippen molar-refractivity contribution in [1.29, 1.82) is 0 Å². The second-order valence-corrected chi connectivity index (χ2v) is 5.46. The Morgan fingerprint density at radius 3 is 2.65 bits per heavy atom. The van der Waals surface area contributed by atoms with Crippen molar-refractivity contribution in [3.8, 4) is 0 Å². The van der Waals surface area contributed by atoms with E-state index in [-0.39, 0.29) is 18.0 Å². The van der Waals surface area contributed by atoms with E-state index in [0.717, 1.165) is 23.2 Å². The zero-order chi connectivity index (χ0) is 14.7. The maximum Gasteiger partial charge on any atom is 0.319 e. The first-order chi connectivity index (χ1) is 9.45. The van der Waals surface area contributed by atoms with Gasteiger partial charge in [0.1, 0.15) is 0 Å². The highest BCUT2D eigenvalue weighted by molar-refractivity contribution is 5.90. The van der Waals surface area contributed by atoms with Crippen molar-refractivity contribution >= 4 is 17.7 Å². The molecule has 1 saturated carbocycles. The predicted octanol–water partition coefficient (Wildman–Crippen LogP) is 2.68. The predicted molar refractivity (Wildman–Crippen MR) is 76.8 cm³/mol. The molecule has 0 aromatic heterocycles. The van der Waals surface area contributed by atoms with Crippen molar-refractivity contribution < 1.29 is 14.7 Å². The highest BCUT2D eigenvalue weighted by Gasteiger charge is 2.30. The average Bonchev–Trinajstić information content (AvgIpc) is 2.82. The highest BCUT2D eigenvalue weighted by Crippen LogP contribution is 2.25. The molecular weight excluding hydrogens is 256 g/mol. The maximum atomic E-state index is 11.9. The van der Waals surface area contributed by atoms with Gasteiger partial charge < -0.3 is 15.7 Å². The topological polar surface area (TPSA) is 78.4 Å². The molecule has 0 spiro atoms. The Kier molecular flexibility index (Phi) is 4.27. The summed E-state index contributed by atoms with van der Waals surface area (Å²) in [6.45, 7) is 3.90. The van der Waals surface area contributed by atoms with Gasteiger partial charge in [0.05, 0.1) is 5.92 Å². The molecule has 1 aliphatic rings. The summed E-state index contributed by atoms with van der Waals surface area (Å²) in [6, 6.07) is 5.55. The molecule has 0 radical (unpaired) electrons. The largest absolute Gasteiger partial charge is 0.481 e. The Labute approximate surface area is 118 Å². The number of urea groups is 1. The molecule has 1 aromatic carbocycles. The van der Waals surface area contributed by atoms with Crippen LogP contribution in [0.1, 0.15) is 30.4 Å². The van der Waals surface area contributed by atoms with E-state index < -0.39 is 5.97 Å². The molecule has 0 aliphatic heterocycles. The third kappa shape index (κ3) is 3.50. The fraction of sp³-hybridized carbons (Fsp3) is 0.467. The molecule has 1 aliphatic carbocycles. The number of hydrogen-bond acceptors (Lipinski definition) is 2. The van der Waals surface area contributed by atoms with Crippen molar-refractivity contribution in [1.82, 2.24) is 5.32 Å². The molecule has 0 heterocycles. The van der Waals surface area contributed by atoms with Crippen LogP contribution in [0.4, 0.5) is 10.5 Å². The first kappa shape index (κ1) is 14.4.